The molecule has 2 rings (SSSR count). The molecule has 0 saturated carbocycles. The van der Waals surface area contributed by atoms with Crippen molar-refractivity contribution in [2.45, 2.75) is 0 Å². The fraction of sp³-hybridized carbons (Fsp3) is 0. The van der Waals surface area contributed by atoms with E-state index in [4.69, 9.17) is 10.5 Å². The number of rotatable bonds is 3. The average Bonchev–Trinajstić information content (AvgIpc) is 2.29. The van der Waals surface area contributed by atoms with Crippen LogP contribution in [0.5, 0.6) is 11.6 Å². The highest BCUT2D eigenvalue weighted by Crippen LogP contribution is 2.21. The van der Waals surface area contributed by atoms with Gasteiger partial charge < -0.3 is 10.5 Å². The smallest absolute Gasteiger partial charge is 0.267 e. The molecule has 0 atom stereocenters. The summed E-state index contributed by atoms with van der Waals surface area (Å²) in [5.41, 5.74) is 5.28. The molecule has 2 heterocycles. The monoisotopic (exact) mass is 293 g/mol. The quantitative estimate of drug-likeness (QED) is 0.940. The van der Waals surface area contributed by atoms with E-state index in [1.54, 1.807) is 30.6 Å². The third-order valence-corrected chi connectivity index (χ3v) is 2.31. The molecule has 0 aliphatic rings. The third kappa shape index (κ3) is 3.01. The van der Waals surface area contributed by atoms with Gasteiger partial charge in [0, 0.05) is 16.7 Å². The van der Waals surface area contributed by atoms with Crippen LogP contribution in [0.15, 0.2) is 41.1 Å². The molecule has 0 radical (unpaired) electrons. The van der Waals surface area contributed by atoms with E-state index in [2.05, 4.69) is 25.9 Å². The van der Waals surface area contributed by atoms with Crippen LogP contribution in [0, 0.1) is 0 Å². The Bertz CT molecular complexity index is 560. The van der Waals surface area contributed by atoms with E-state index < -0.39 is 5.91 Å². The molecule has 0 bridgehead atoms. The second-order valence-electron chi connectivity index (χ2n) is 3.17. The minimum Gasteiger partial charge on any atom is -0.437 e. The third-order valence-electron chi connectivity index (χ3n) is 1.88. The summed E-state index contributed by atoms with van der Waals surface area (Å²) in [5, 5.41) is 0. The number of nitrogens with two attached hydrogens (primary N) is 1. The van der Waals surface area contributed by atoms with Crippen LogP contribution < -0.4 is 10.5 Å². The van der Waals surface area contributed by atoms with E-state index in [9.17, 15) is 4.79 Å². The van der Waals surface area contributed by atoms with Crippen molar-refractivity contribution in [2.75, 3.05) is 0 Å². The zero-order chi connectivity index (χ0) is 12.3. The molecule has 1 amide bonds. The molecule has 2 aromatic rings. The number of amides is 1. The Morgan fingerprint density at radius 2 is 2.18 bits per heavy atom. The normalized spacial score (nSPS) is 9.94. The van der Waals surface area contributed by atoms with Gasteiger partial charge in [0.05, 0.1) is 6.20 Å². The van der Waals surface area contributed by atoms with Crippen molar-refractivity contribution in [1.82, 2.24) is 9.97 Å². The number of hydrogen-bond acceptors (Lipinski definition) is 4. The Morgan fingerprint density at radius 3 is 2.88 bits per heavy atom. The van der Waals surface area contributed by atoms with Crippen molar-refractivity contribution >= 4 is 21.8 Å². The molecule has 0 unspecified atom stereocenters. The molecule has 0 aliphatic heterocycles. The summed E-state index contributed by atoms with van der Waals surface area (Å²) in [6.07, 6.45) is 3.18. The van der Waals surface area contributed by atoms with Crippen molar-refractivity contribution < 1.29 is 9.53 Å². The highest BCUT2D eigenvalue weighted by atomic mass is 79.9. The van der Waals surface area contributed by atoms with Gasteiger partial charge in [0.1, 0.15) is 11.4 Å². The van der Waals surface area contributed by atoms with Gasteiger partial charge in [-0.15, -0.1) is 0 Å². The largest absolute Gasteiger partial charge is 0.437 e. The van der Waals surface area contributed by atoms with Gasteiger partial charge in [0.25, 0.3) is 5.91 Å². The lowest BCUT2D eigenvalue weighted by Gasteiger charge is -2.05. The zero-order valence-corrected chi connectivity index (χ0v) is 10.2. The summed E-state index contributed by atoms with van der Waals surface area (Å²) in [7, 11) is 0. The van der Waals surface area contributed by atoms with Crippen molar-refractivity contribution in [3.63, 3.8) is 0 Å². The fourth-order valence-electron chi connectivity index (χ4n) is 1.18. The zero-order valence-electron chi connectivity index (χ0n) is 8.63. The molecule has 86 valence electrons. The Hall–Kier alpha value is -1.95. The van der Waals surface area contributed by atoms with Crippen molar-refractivity contribution in [3.05, 3.63) is 46.8 Å². The first-order valence-corrected chi connectivity index (χ1v) is 5.50. The maximum Gasteiger partial charge on any atom is 0.267 e. The average molecular weight is 294 g/mol. The van der Waals surface area contributed by atoms with Crippen molar-refractivity contribution in [1.29, 1.82) is 0 Å². The molecule has 6 heteroatoms. The van der Waals surface area contributed by atoms with Gasteiger partial charge in [0.2, 0.25) is 5.88 Å². The standard InChI is InChI=1S/C11H8BrN3O2/c12-7-4-8(6-14-5-7)17-10-3-1-2-9(15-10)11(13)16/h1-6H,(H2,13,16). The number of carbonyl (C=O) groups excluding carboxylic acids is 1. The molecule has 0 spiro atoms. The van der Waals surface area contributed by atoms with Gasteiger partial charge in [-0.05, 0) is 28.1 Å². The number of pyridine rings is 2. The minimum atomic E-state index is -0.595. The lowest BCUT2D eigenvalue weighted by molar-refractivity contribution is 0.0995. The molecule has 2 aromatic heterocycles. The maximum absolute atomic E-state index is 10.9. The lowest BCUT2D eigenvalue weighted by Crippen LogP contribution is -2.12. The molecule has 0 fully saturated rings. The van der Waals surface area contributed by atoms with Crippen molar-refractivity contribution in [2.24, 2.45) is 5.73 Å². The Labute approximate surface area is 106 Å². The number of halogens is 1. The summed E-state index contributed by atoms with van der Waals surface area (Å²) in [4.78, 5) is 18.8. The second kappa shape index (κ2) is 4.92. The summed E-state index contributed by atoms with van der Waals surface area (Å²) in [5.74, 6) is 0.220. The predicted molar refractivity (Wildman–Crippen MR) is 64.8 cm³/mol. The minimum absolute atomic E-state index is 0.158. The molecular formula is C11H8BrN3O2. The number of aromatic nitrogens is 2. The second-order valence-corrected chi connectivity index (χ2v) is 4.08. The molecular weight excluding hydrogens is 286 g/mol. The summed E-state index contributed by atoms with van der Waals surface area (Å²) in [6.45, 7) is 0. The molecule has 5 nitrogen and oxygen atoms in total. The SMILES string of the molecule is NC(=O)c1cccc(Oc2cncc(Br)c2)n1. The van der Waals surface area contributed by atoms with Gasteiger partial charge in [-0.25, -0.2) is 4.98 Å². The van der Waals surface area contributed by atoms with E-state index in [0.717, 1.165) is 4.47 Å². The topological polar surface area (TPSA) is 78.1 Å². The summed E-state index contributed by atoms with van der Waals surface area (Å²) >= 11 is 3.28. The number of ether oxygens (including phenoxy) is 1. The molecule has 0 aliphatic carbocycles. The van der Waals surface area contributed by atoms with Crippen LogP contribution in [0.1, 0.15) is 10.5 Å². The van der Waals surface area contributed by atoms with Crippen molar-refractivity contribution in [3.8, 4) is 11.6 Å². The lowest BCUT2D eigenvalue weighted by atomic mass is 10.3. The molecule has 17 heavy (non-hydrogen) atoms. The molecule has 2 N–H and O–H groups in total. The summed E-state index contributed by atoms with van der Waals surface area (Å²) in [6, 6.07) is 6.54. The Morgan fingerprint density at radius 1 is 1.35 bits per heavy atom. The molecule has 0 aromatic carbocycles. The first kappa shape index (κ1) is 11.5. The molecule has 0 saturated heterocycles. The van der Waals surface area contributed by atoms with E-state index in [0.29, 0.717) is 11.6 Å². The van der Waals surface area contributed by atoms with Crippen LogP contribution in [0.4, 0.5) is 0 Å². The Kier molecular flexibility index (Phi) is 3.34. The van der Waals surface area contributed by atoms with Crippen LogP contribution in [0.25, 0.3) is 0 Å². The van der Waals surface area contributed by atoms with E-state index in [1.165, 1.54) is 6.07 Å². The maximum atomic E-state index is 10.9. The summed E-state index contributed by atoms with van der Waals surface area (Å²) < 4.78 is 6.23. The number of nitrogens with zero attached hydrogens (tertiary/aromatic N) is 2. The van der Waals surface area contributed by atoms with Gasteiger partial charge >= 0.3 is 0 Å². The van der Waals surface area contributed by atoms with Crippen LogP contribution in [-0.4, -0.2) is 15.9 Å². The van der Waals surface area contributed by atoms with E-state index >= 15 is 0 Å². The highest BCUT2D eigenvalue weighted by Gasteiger charge is 2.05. The fourth-order valence-corrected chi connectivity index (χ4v) is 1.52. The Balaban J connectivity index is 2.24. The first-order valence-electron chi connectivity index (χ1n) is 4.70. The van der Waals surface area contributed by atoms with Gasteiger partial charge in [0.15, 0.2) is 0 Å². The van der Waals surface area contributed by atoms with E-state index in [-0.39, 0.29) is 5.69 Å². The van der Waals surface area contributed by atoms with Gasteiger partial charge in [-0.2, -0.15) is 0 Å². The van der Waals surface area contributed by atoms with Crippen LogP contribution in [0.2, 0.25) is 0 Å². The van der Waals surface area contributed by atoms with Gasteiger partial charge in [-0.1, -0.05) is 6.07 Å². The van der Waals surface area contributed by atoms with Crippen LogP contribution >= 0.6 is 15.9 Å². The predicted octanol–water partition coefficient (Wildman–Crippen LogP) is 2.13. The van der Waals surface area contributed by atoms with Crippen LogP contribution in [-0.2, 0) is 0 Å². The van der Waals surface area contributed by atoms with Gasteiger partial charge in [-0.3, -0.25) is 9.78 Å². The number of hydrogen-bond donors (Lipinski definition) is 1. The highest BCUT2D eigenvalue weighted by molar-refractivity contribution is 9.10. The first-order chi connectivity index (χ1) is 8.15. The number of primary amides is 1. The number of carbonyl (C=O) groups is 1. The van der Waals surface area contributed by atoms with E-state index in [1.807, 2.05) is 0 Å². The van der Waals surface area contributed by atoms with Crippen LogP contribution in [0.3, 0.4) is 0 Å².